The molecule has 0 aliphatic rings. The second kappa shape index (κ2) is 4.42. The highest BCUT2D eigenvalue weighted by Gasteiger charge is 2.15. The zero-order valence-corrected chi connectivity index (χ0v) is 11.0. The molecule has 1 aromatic carbocycles. The van der Waals surface area contributed by atoms with E-state index in [1.807, 2.05) is 36.2 Å². The highest BCUT2D eigenvalue weighted by molar-refractivity contribution is 7.98. The van der Waals surface area contributed by atoms with Crippen LogP contribution in [0, 0.1) is 0 Å². The van der Waals surface area contributed by atoms with Crippen molar-refractivity contribution in [2.24, 2.45) is 7.05 Å². The molecule has 0 fully saturated rings. The van der Waals surface area contributed by atoms with Gasteiger partial charge >= 0.3 is 0 Å². The third-order valence-electron chi connectivity index (χ3n) is 2.87. The molecule has 3 aromatic rings. The van der Waals surface area contributed by atoms with Gasteiger partial charge in [0.25, 0.3) is 0 Å². The first-order valence-corrected chi connectivity index (χ1v) is 6.81. The van der Waals surface area contributed by atoms with Crippen molar-refractivity contribution in [2.45, 2.75) is 5.03 Å². The van der Waals surface area contributed by atoms with Crippen LogP contribution in [0.5, 0.6) is 0 Å². The molecule has 0 saturated carbocycles. The van der Waals surface area contributed by atoms with E-state index >= 15 is 0 Å². The predicted molar refractivity (Wildman–Crippen MR) is 73.5 cm³/mol. The molecule has 0 amide bonds. The van der Waals surface area contributed by atoms with Crippen molar-refractivity contribution in [3.05, 3.63) is 36.5 Å². The fourth-order valence-corrected chi connectivity index (χ4v) is 2.56. The maximum atomic E-state index is 4.59. The van der Waals surface area contributed by atoms with Crippen molar-refractivity contribution in [3.63, 3.8) is 0 Å². The molecule has 3 rings (SSSR count). The van der Waals surface area contributed by atoms with Gasteiger partial charge in [-0.1, -0.05) is 30.3 Å². The van der Waals surface area contributed by atoms with Gasteiger partial charge < -0.3 is 0 Å². The molecule has 5 heteroatoms. The summed E-state index contributed by atoms with van der Waals surface area (Å²) in [6, 6.07) is 10.2. The molecule has 0 unspecified atom stereocenters. The summed E-state index contributed by atoms with van der Waals surface area (Å²) in [5.74, 6) is 0. The zero-order valence-electron chi connectivity index (χ0n) is 10.2. The van der Waals surface area contributed by atoms with E-state index in [4.69, 9.17) is 0 Å². The van der Waals surface area contributed by atoms with Gasteiger partial charge in [0.15, 0.2) is 0 Å². The number of fused-ring (bicyclic) bond motifs is 1. The van der Waals surface area contributed by atoms with Crippen LogP contribution in [0.2, 0.25) is 0 Å². The molecule has 2 heterocycles. The highest BCUT2D eigenvalue weighted by Crippen LogP contribution is 2.32. The second-order valence-corrected chi connectivity index (χ2v) is 4.75. The third kappa shape index (κ3) is 1.67. The first-order chi connectivity index (χ1) is 8.81. The normalized spacial score (nSPS) is 11.0. The van der Waals surface area contributed by atoms with Crippen LogP contribution >= 0.6 is 11.8 Å². The monoisotopic (exact) mass is 256 g/mol. The minimum Gasteiger partial charge on any atom is -0.266 e. The smallest absolute Gasteiger partial charge is 0.130 e. The van der Waals surface area contributed by atoms with Crippen molar-refractivity contribution in [2.75, 3.05) is 6.26 Å². The van der Waals surface area contributed by atoms with Crippen LogP contribution in [0.3, 0.4) is 0 Å². The van der Waals surface area contributed by atoms with Gasteiger partial charge in [-0.3, -0.25) is 4.68 Å². The number of hydrogen-bond acceptors (Lipinski definition) is 4. The van der Waals surface area contributed by atoms with E-state index in [1.54, 1.807) is 18.0 Å². The molecular formula is C13H12N4S. The molecule has 0 N–H and O–H groups in total. The molecule has 4 nitrogen and oxygen atoms in total. The molecular weight excluding hydrogens is 244 g/mol. The summed E-state index contributed by atoms with van der Waals surface area (Å²) in [6.07, 6.45) is 3.76. The highest BCUT2D eigenvalue weighted by atomic mass is 32.2. The van der Waals surface area contributed by atoms with E-state index in [9.17, 15) is 0 Å². The average molecular weight is 256 g/mol. The first kappa shape index (κ1) is 11.2. The van der Waals surface area contributed by atoms with Gasteiger partial charge in [-0.05, 0) is 6.26 Å². The van der Waals surface area contributed by atoms with Crippen molar-refractivity contribution in [1.82, 2.24) is 20.0 Å². The van der Waals surface area contributed by atoms with E-state index in [0.717, 1.165) is 27.2 Å². The van der Waals surface area contributed by atoms with Crippen LogP contribution in [-0.2, 0) is 7.05 Å². The molecule has 0 spiro atoms. The number of nitrogens with zero attached hydrogens (tertiary/aromatic N) is 4. The second-order valence-electron chi connectivity index (χ2n) is 3.95. The number of aromatic nitrogens is 4. The number of benzene rings is 1. The summed E-state index contributed by atoms with van der Waals surface area (Å²) in [6.45, 7) is 0. The molecule has 0 aliphatic carbocycles. The fraction of sp³-hybridized carbons (Fsp3) is 0.154. The Kier molecular flexibility index (Phi) is 2.76. The standard InChI is InChI=1S/C13H12N4S/c1-17-10-8-14-15-13(18-2)11(10)12(16-17)9-6-4-3-5-7-9/h3-8H,1-2H3. The predicted octanol–water partition coefficient (Wildman–Crippen LogP) is 2.75. The van der Waals surface area contributed by atoms with Crippen molar-refractivity contribution >= 4 is 22.7 Å². The Hall–Kier alpha value is -1.88. The summed E-state index contributed by atoms with van der Waals surface area (Å²) in [5.41, 5.74) is 3.08. The van der Waals surface area contributed by atoms with E-state index in [0.29, 0.717) is 0 Å². The molecule has 18 heavy (non-hydrogen) atoms. The van der Waals surface area contributed by atoms with Gasteiger partial charge in [-0.25, -0.2) is 0 Å². The lowest BCUT2D eigenvalue weighted by molar-refractivity contribution is 0.796. The van der Waals surface area contributed by atoms with E-state index < -0.39 is 0 Å². The van der Waals surface area contributed by atoms with Gasteiger partial charge in [-0.2, -0.15) is 10.2 Å². The quantitative estimate of drug-likeness (QED) is 0.661. The minimum absolute atomic E-state index is 0.916. The lowest BCUT2D eigenvalue weighted by Gasteiger charge is -2.00. The number of hydrogen-bond donors (Lipinski definition) is 0. The molecule has 90 valence electrons. The Morgan fingerprint density at radius 2 is 1.94 bits per heavy atom. The summed E-state index contributed by atoms with van der Waals surface area (Å²) in [4.78, 5) is 0. The van der Waals surface area contributed by atoms with Crippen LogP contribution in [0.25, 0.3) is 22.2 Å². The summed E-state index contributed by atoms with van der Waals surface area (Å²) in [5, 5.41) is 14.8. The minimum atomic E-state index is 0.916. The van der Waals surface area contributed by atoms with Gasteiger partial charge in [0, 0.05) is 12.6 Å². The van der Waals surface area contributed by atoms with E-state index in [-0.39, 0.29) is 0 Å². The average Bonchev–Trinajstić information content (AvgIpc) is 2.77. The number of thioether (sulfide) groups is 1. The Balaban J connectivity index is 2.37. The van der Waals surface area contributed by atoms with Crippen LogP contribution in [0.15, 0.2) is 41.6 Å². The lowest BCUT2D eigenvalue weighted by atomic mass is 10.1. The summed E-state index contributed by atoms with van der Waals surface area (Å²) in [7, 11) is 1.93. The first-order valence-electron chi connectivity index (χ1n) is 5.59. The van der Waals surface area contributed by atoms with Crippen LogP contribution in [0.4, 0.5) is 0 Å². The van der Waals surface area contributed by atoms with E-state index in [1.165, 1.54) is 0 Å². The SMILES string of the molecule is CSc1nncc2c1c(-c1ccccc1)nn2C. The Bertz CT molecular complexity index is 691. The van der Waals surface area contributed by atoms with Gasteiger partial charge in [-0.15, -0.1) is 16.9 Å². The van der Waals surface area contributed by atoms with Crippen molar-refractivity contribution in [3.8, 4) is 11.3 Å². The van der Waals surface area contributed by atoms with Crippen LogP contribution in [-0.4, -0.2) is 26.2 Å². The maximum absolute atomic E-state index is 4.59. The third-order valence-corrected chi connectivity index (χ3v) is 3.55. The fourth-order valence-electron chi connectivity index (χ4n) is 2.02. The molecule has 0 saturated heterocycles. The Labute approximate surface area is 109 Å². The molecule has 2 aromatic heterocycles. The summed E-state index contributed by atoms with van der Waals surface area (Å²) < 4.78 is 1.85. The maximum Gasteiger partial charge on any atom is 0.130 e. The number of rotatable bonds is 2. The molecule has 0 radical (unpaired) electrons. The molecule has 0 aliphatic heterocycles. The van der Waals surface area contributed by atoms with E-state index in [2.05, 4.69) is 27.4 Å². The Morgan fingerprint density at radius 3 is 2.67 bits per heavy atom. The number of aryl methyl sites for hydroxylation is 1. The van der Waals surface area contributed by atoms with Gasteiger partial charge in [0.2, 0.25) is 0 Å². The zero-order chi connectivity index (χ0) is 12.5. The van der Waals surface area contributed by atoms with Crippen LogP contribution in [0.1, 0.15) is 0 Å². The van der Waals surface area contributed by atoms with Gasteiger partial charge in [0.1, 0.15) is 10.7 Å². The van der Waals surface area contributed by atoms with Crippen molar-refractivity contribution in [1.29, 1.82) is 0 Å². The topological polar surface area (TPSA) is 43.6 Å². The molecule has 0 atom stereocenters. The summed E-state index contributed by atoms with van der Waals surface area (Å²) >= 11 is 1.59. The van der Waals surface area contributed by atoms with Crippen molar-refractivity contribution < 1.29 is 0 Å². The molecule has 0 bridgehead atoms. The lowest BCUT2D eigenvalue weighted by Crippen LogP contribution is -1.91. The van der Waals surface area contributed by atoms with Crippen LogP contribution < -0.4 is 0 Å². The Morgan fingerprint density at radius 1 is 1.17 bits per heavy atom. The largest absolute Gasteiger partial charge is 0.266 e. The van der Waals surface area contributed by atoms with Gasteiger partial charge in [0.05, 0.1) is 17.1 Å².